The number of anilines is 1. The molecule has 0 aromatic heterocycles. The molecule has 0 bridgehead atoms. The Bertz CT molecular complexity index is 531. The molecular weight excluding hydrogens is 306 g/mol. The second kappa shape index (κ2) is 8.18. The first-order valence-corrected chi connectivity index (χ1v) is 9.82. The molecule has 0 radical (unpaired) electrons. The van der Waals surface area contributed by atoms with E-state index in [-0.39, 0.29) is 17.9 Å². The highest BCUT2D eigenvalue weighted by Gasteiger charge is 2.25. The van der Waals surface area contributed by atoms with Crippen LogP contribution in [0.2, 0.25) is 0 Å². The van der Waals surface area contributed by atoms with Crippen molar-refractivity contribution in [3.63, 3.8) is 0 Å². The van der Waals surface area contributed by atoms with E-state index in [0.717, 1.165) is 51.0 Å². The number of benzene rings is 1. The quantitative estimate of drug-likeness (QED) is 0.889. The van der Waals surface area contributed by atoms with Gasteiger partial charge in [-0.2, -0.15) is 11.8 Å². The van der Waals surface area contributed by atoms with E-state index in [1.54, 1.807) is 0 Å². The van der Waals surface area contributed by atoms with Gasteiger partial charge in [-0.15, -0.1) is 0 Å². The van der Waals surface area contributed by atoms with E-state index in [1.165, 1.54) is 17.1 Å². The van der Waals surface area contributed by atoms with E-state index in [1.807, 2.05) is 23.9 Å². The first kappa shape index (κ1) is 16.8. The summed E-state index contributed by atoms with van der Waals surface area (Å²) in [6, 6.07) is 8.39. The molecule has 0 spiro atoms. The molecule has 5 heteroatoms. The lowest BCUT2D eigenvalue weighted by Gasteiger charge is -2.28. The third-order valence-corrected chi connectivity index (χ3v) is 5.80. The highest BCUT2D eigenvalue weighted by Crippen LogP contribution is 2.26. The van der Waals surface area contributed by atoms with Gasteiger partial charge in [-0.05, 0) is 30.9 Å². The average molecular weight is 334 g/mol. The number of nitrogens with one attached hydrogen (secondary N) is 1. The molecule has 1 aliphatic carbocycles. The van der Waals surface area contributed by atoms with Crippen molar-refractivity contribution in [2.75, 3.05) is 29.9 Å². The Hall–Kier alpha value is -1.04. The Kier molecular flexibility index (Phi) is 5.97. The summed E-state index contributed by atoms with van der Waals surface area (Å²) in [4.78, 5) is 15.0. The van der Waals surface area contributed by atoms with Crippen LogP contribution in [-0.4, -0.2) is 41.4 Å². The molecular formula is C18H27N3OS. The largest absolute Gasteiger partial charge is 0.328 e. The molecule has 2 atom stereocenters. The normalized spacial score (nSPS) is 26.0. The van der Waals surface area contributed by atoms with Crippen LogP contribution in [0.15, 0.2) is 24.3 Å². The molecule has 126 valence electrons. The Morgan fingerprint density at radius 1 is 1.26 bits per heavy atom. The first-order valence-electron chi connectivity index (χ1n) is 8.67. The molecule has 3 rings (SSSR count). The Morgan fingerprint density at radius 2 is 2.04 bits per heavy atom. The van der Waals surface area contributed by atoms with E-state index >= 15 is 0 Å². The second-order valence-corrected chi connectivity index (χ2v) is 7.88. The minimum Gasteiger partial charge on any atom is -0.328 e. The average Bonchev–Trinajstić information content (AvgIpc) is 2.57. The maximum atomic E-state index is 12.6. The summed E-state index contributed by atoms with van der Waals surface area (Å²) < 4.78 is 0. The summed E-state index contributed by atoms with van der Waals surface area (Å²) >= 11 is 2.02. The number of rotatable bonds is 4. The molecule has 2 aliphatic rings. The molecule has 1 saturated heterocycles. The van der Waals surface area contributed by atoms with E-state index in [9.17, 15) is 4.79 Å². The first-order chi connectivity index (χ1) is 11.2. The molecule has 1 amide bonds. The van der Waals surface area contributed by atoms with Crippen LogP contribution in [0.1, 0.15) is 31.2 Å². The van der Waals surface area contributed by atoms with Crippen molar-refractivity contribution in [2.24, 2.45) is 11.7 Å². The summed E-state index contributed by atoms with van der Waals surface area (Å²) in [7, 11) is 0. The molecule has 1 aromatic carbocycles. The summed E-state index contributed by atoms with van der Waals surface area (Å²) in [6.45, 7) is 3.18. The van der Waals surface area contributed by atoms with Gasteiger partial charge < -0.3 is 11.1 Å². The molecule has 2 unspecified atom stereocenters. The molecule has 2 fully saturated rings. The number of hydrogen-bond donors (Lipinski definition) is 2. The zero-order valence-corrected chi connectivity index (χ0v) is 14.5. The predicted octanol–water partition coefficient (Wildman–Crippen LogP) is 2.69. The minimum absolute atomic E-state index is 0.0678. The van der Waals surface area contributed by atoms with Gasteiger partial charge in [0.15, 0.2) is 0 Å². The van der Waals surface area contributed by atoms with Gasteiger partial charge in [0, 0.05) is 48.8 Å². The zero-order chi connectivity index (χ0) is 16.1. The van der Waals surface area contributed by atoms with Crippen LogP contribution in [0.4, 0.5) is 5.69 Å². The minimum atomic E-state index is 0.0678. The van der Waals surface area contributed by atoms with Crippen LogP contribution < -0.4 is 11.1 Å². The van der Waals surface area contributed by atoms with Gasteiger partial charge in [0.2, 0.25) is 5.91 Å². The Morgan fingerprint density at radius 3 is 2.83 bits per heavy atom. The van der Waals surface area contributed by atoms with Crippen LogP contribution in [0.5, 0.6) is 0 Å². The Labute approximate surface area is 143 Å². The molecule has 4 nitrogen and oxygen atoms in total. The van der Waals surface area contributed by atoms with Crippen molar-refractivity contribution >= 4 is 23.4 Å². The zero-order valence-electron chi connectivity index (χ0n) is 13.7. The maximum absolute atomic E-state index is 12.6. The van der Waals surface area contributed by atoms with Crippen molar-refractivity contribution in [1.29, 1.82) is 0 Å². The monoisotopic (exact) mass is 333 g/mol. The second-order valence-electron chi connectivity index (χ2n) is 6.66. The van der Waals surface area contributed by atoms with Gasteiger partial charge in [0.25, 0.3) is 0 Å². The fourth-order valence-electron chi connectivity index (χ4n) is 3.48. The third kappa shape index (κ3) is 4.72. The van der Waals surface area contributed by atoms with Crippen LogP contribution in [0.25, 0.3) is 0 Å². The van der Waals surface area contributed by atoms with E-state index < -0.39 is 0 Å². The molecule has 1 heterocycles. The topological polar surface area (TPSA) is 58.4 Å². The SMILES string of the molecule is NC1CCCC(C(=O)Nc2ccccc2CN2CCSCC2)C1. The van der Waals surface area contributed by atoms with Gasteiger partial charge in [-0.3, -0.25) is 9.69 Å². The van der Waals surface area contributed by atoms with E-state index in [4.69, 9.17) is 5.73 Å². The maximum Gasteiger partial charge on any atom is 0.227 e. The highest BCUT2D eigenvalue weighted by molar-refractivity contribution is 7.99. The van der Waals surface area contributed by atoms with Crippen LogP contribution in [0, 0.1) is 5.92 Å². The molecule has 1 saturated carbocycles. The molecule has 1 aliphatic heterocycles. The number of nitrogens with zero attached hydrogens (tertiary/aromatic N) is 1. The Balaban J connectivity index is 1.63. The van der Waals surface area contributed by atoms with Crippen LogP contribution >= 0.6 is 11.8 Å². The lowest BCUT2D eigenvalue weighted by Crippen LogP contribution is -2.35. The number of hydrogen-bond acceptors (Lipinski definition) is 4. The summed E-state index contributed by atoms with van der Waals surface area (Å²) in [6.07, 6.45) is 3.89. The van der Waals surface area contributed by atoms with Crippen molar-refractivity contribution in [1.82, 2.24) is 4.90 Å². The van der Waals surface area contributed by atoms with E-state index in [2.05, 4.69) is 22.3 Å². The van der Waals surface area contributed by atoms with Gasteiger partial charge in [0.1, 0.15) is 0 Å². The molecule has 1 aromatic rings. The number of carbonyl (C=O) groups is 1. The number of carbonyl (C=O) groups excluding carboxylic acids is 1. The fraction of sp³-hybridized carbons (Fsp3) is 0.611. The summed E-state index contributed by atoms with van der Waals surface area (Å²) in [5.74, 6) is 2.61. The predicted molar refractivity (Wildman–Crippen MR) is 97.6 cm³/mol. The fourth-order valence-corrected chi connectivity index (χ4v) is 4.46. The van der Waals surface area contributed by atoms with Gasteiger partial charge in [-0.1, -0.05) is 24.6 Å². The van der Waals surface area contributed by atoms with Crippen molar-refractivity contribution in [3.05, 3.63) is 29.8 Å². The van der Waals surface area contributed by atoms with Gasteiger partial charge >= 0.3 is 0 Å². The van der Waals surface area contributed by atoms with Crippen molar-refractivity contribution in [3.8, 4) is 0 Å². The standard InChI is InChI=1S/C18H27N3OS/c19-16-6-3-5-14(12-16)18(22)20-17-7-2-1-4-15(17)13-21-8-10-23-11-9-21/h1-2,4,7,14,16H,3,5-6,8-13,19H2,(H,20,22). The summed E-state index contributed by atoms with van der Waals surface area (Å²) in [5, 5.41) is 3.16. The van der Waals surface area contributed by atoms with Crippen LogP contribution in [0.3, 0.4) is 0 Å². The van der Waals surface area contributed by atoms with Crippen molar-refractivity contribution < 1.29 is 4.79 Å². The van der Waals surface area contributed by atoms with Crippen molar-refractivity contribution in [2.45, 2.75) is 38.3 Å². The number of amides is 1. The van der Waals surface area contributed by atoms with Gasteiger partial charge in [0.05, 0.1) is 0 Å². The smallest absolute Gasteiger partial charge is 0.227 e. The van der Waals surface area contributed by atoms with Crippen LogP contribution in [-0.2, 0) is 11.3 Å². The number of nitrogens with two attached hydrogens (primary N) is 1. The highest BCUT2D eigenvalue weighted by atomic mass is 32.2. The summed E-state index contributed by atoms with van der Waals surface area (Å²) in [5.41, 5.74) is 8.20. The number of para-hydroxylation sites is 1. The third-order valence-electron chi connectivity index (χ3n) is 4.86. The molecule has 3 N–H and O–H groups in total. The van der Waals surface area contributed by atoms with Gasteiger partial charge in [-0.25, -0.2) is 0 Å². The van der Waals surface area contributed by atoms with E-state index in [0.29, 0.717) is 0 Å². The molecule has 23 heavy (non-hydrogen) atoms. The lowest BCUT2D eigenvalue weighted by molar-refractivity contribution is -0.120. The lowest BCUT2D eigenvalue weighted by atomic mass is 9.85. The number of thioether (sulfide) groups is 1.